The van der Waals surface area contributed by atoms with Crippen LogP contribution in [0.3, 0.4) is 0 Å². The van der Waals surface area contributed by atoms with Gasteiger partial charge in [0, 0.05) is 26.7 Å². The second-order valence-corrected chi connectivity index (χ2v) is 4.64. The Morgan fingerprint density at radius 3 is 2.72 bits per heavy atom. The van der Waals surface area contributed by atoms with E-state index >= 15 is 0 Å². The van der Waals surface area contributed by atoms with E-state index in [-0.39, 0.29) is 10.6 Å². The Hall–Kier alpha value is -1.63. The number of hydrogen-bond donors (Lipinski definition) is 1. The molecular weight excluding hydrogens is 234 g/mol. The van der Waals surface area contributed by atoms with Crippen LogP contribution in [-0.2, 0) is 7.05 Å². The van der Waals surface area contributed by atoms with Gasteiger partial charge in [0.2, 0.25) is 5.82 Å². The third kappa shape index (κ3) is 2.05. The fourth-order valence-electron chi connectivity index (χ4n) is 2.37. The maximum absolute atomic E-state index is 11.2. The van der Waals surface area contributed by atoms with Crippen LogP contribution in [0.5, 0.6) is 0 Å². The van der Waals surface area contributed by atoms with Crippen LogP contribution < -0.4 is 10.2 Å². The summed E-state index contributed by atoms with van der Waals surface area (Å²) < 4.78 is 1.63. The molecule has 0 spiro atoms. The molecule has 1 aliphatic rings. The first kappa shape index (κ1) is 12.8. The predicted octanol–water partition coefficient (Wildman–Crippen LogP) is 0.825. The zero-order valence-electron chi connectivity index (χ0n) is 11.0. The van der Waals surface area contributed by atoms with Gasteiger partial charge in [-0.25, -0.2) is 4.68 Å². The SMILES string of the molecule is CCCN(c1c([N+](=O)[O-])c(C)nn1C)C1CNC1. The van der Waals surface area contributed by atoms with Crippen molar-refractivity contribution < 1.29 is 4.92 Å². The van der Waals surface area contributed by atoms with Gasteiger partial charge in [-0.2, -0.15) is 5.10 Å². The summed E-state index contributed by atoms with van der Waals surface area (Å²) in [6.45, 7) is 6.33. The lowest BCUT2D eigenvalue weighted by atomic mass is 10.1. The summed E-state index contributed by atoms with van der Waals surface area (Å²) in [5, 5.41) is 18.6. The molecule has 0 bridgehead atoms. The first-order chi connectivity index (χ1) is 8.56. The maximum Gasteiger partial charge on any atom is 0.333 e. The third-order valence-corrected chi connectivity index (χ3v) is 3.28. The molecule has 7 heteroatoms. The van der Waals surface area contributed by atoms with Gasteiger partial charge in [0.25, 0.3) is 0 Å². The van der Waals surface area contributed by atoms with Crippen molar-refractivity contribution in [1.29, 1.82) is 0 Å². The van der Waals surface area contributed by atoms with Gasteiger partial charge in [0.1, 0.15) is 5.69 Å². The lowest BCUT2D eigenvalue weighted by molar-refractivity contribution is -0.384. The number of aromatic nitrogens is 2. The summed E-state index contributed by atoms with van der Waals surface area (Å²) >= 11 is 0. The number of aryl methyl sites for hydroxylation is 2. The first-order valence-corrected chi connectivity index (χ1v) is 6.21. The molecule has 100 valence electrons. The highest BCUT2D eigenvalue weighted by Gasteiger charge is 2.33. The van der Waals surface area contributed by atoms with Gasteiger partial charge in [0.05, 0.1) is 11.0 Å². The van der Waals surface area contributed by atoms with E-state index in [0.29, 0.717) is 17.6 Å². The standard InChI is InChI=1S/C11H19N5O2/c1-4-5-15(9-6-12-7-9)11-10(16(17)18)8(2)13-14(11)3/h9,12H,4-7H2,1-3H3. The molecule has 2 heterocycles. The van der Waals surface area contributed by atoms with E-state index in [1.54, 1.807) is 18.7 Å². The van der Waals surface area contributed by atoms with Crippen LogP contribution in [0.1, 0.15) is 19.0 Å². The molecule has 7 nitrogen and oxygen atoms in total. The van der Waals surface area contributed by atoms with Crippen LogP contribution in [0.25, 0.3) is 0 Å². The van der Waals surface area contributed by atoms with E-state index in [1.807, 2.05) is 0 Å². The van der Waals surface area contributed by atoms with E-state index in [1.165, 1.54) is 0 Å². The van der Waals surface area contributed by atoms with Gasteiger partial charge < -0.3 is 10.2 Å². The molecule has 2 rings (SSSR count). The zero-order valence-corrected chi connectivity index (χ0v) is 11.0. The Morgan fingerprint density at radius 2 is 2.28 bits per heavy atom. The molecule has 1 aromatic heterocycles. The quantitative estimate of drug-likeness (QED) is 0.621. The van der Waals surface area contributed by atoms with E-state index in [2.05, 4.69) is 22.2 Å². The van der Waals surface area contributed by atoms with E-state index in [4.69, 9.17) is 0 Å². The van der Waals surface area contributed by atoms with Crippen molar-refractivity contribution >= 4 is 11.5 Å². The number of nitrogens with zero attached hydrogens (tertiary/aromatic N) is 4. The van der Waals surface area contributed by atoms with Crippen molar-refractivity contribution in [2.75, 3.05) is 24.5 Å². The summed E-state index contributed by atoms with van der Waals surface area (Å²) in [5.74, 6) is 0.630. The highest BCUT2D eigenvalue weighted by molar-refractivity contribution is 5.62. The number of hydrogen-bond acceptors (Lipinski definition) is 5. The van der Waals surface area contributed by atoms with Crippen LogP contribution in [0.4, 0.5) is 11.5 Å². The van der Waals surface area contributed by atoms with Crippen molar-refractivity contribution in [2.45, 2.75) is 26.3 Å². The van der Waals surface area contributed by atoms with Gasteiger partial charge in [0.15, 0.2) is 0 Å². The van der Waals surface area contributed by atoms with E-state index < -0.39 is 0 Å². The van der Waals surface area contributed by atoms with Crippen molar-refractivity contribution in [3.8, 4) is 0 Å². The number of rotatable bonds is 5. The molecule has 1 fully saturated rings. The lowest BCUT2D eigenvalue weighted by Crippen LogP contribution is -2.58. The molecule has 0 saturated carbocycles. The van der Waals surface area contributed by atoms with Crippen LogP contribution in [0, 0.1) is 17.0 Å². The monoisotopic (exact) mass is 253 g/mol. The summed E-state index contributed by atoms with van der Waals surface area (Å²) in [5.41, 5.74) is 0.615. The molecule has 0 amide bonds. The molecule has 0 aliphatic carbocycles. The smallest absolute Gasteiger partial charge is 0.333 e. The minimum atomic E-state index is -0.327. The van der Waals surface area contributed by atoms with Crippen molar-refractivity contribution in [3.05, 3.63) is 15.8 Å². The fraction of sp³-hybridized carbons (Fsp3) is 0.727. The van der Waals surface area contributed by atoms with Gasteiger partial charge >= 0.3 is 5.69 Å². The summed E-state index contributed by atoms with van der Waals surface area (Å²) in [6.07, 6.45) is 0.956. The molecule has 1 saturated heterocycles. The predicted molar refractivity (Wildman–Crippen MR) is 68.9 cm³/mol. The average Bonchev–Trinajstić information content (AvgIpc) is 2.50. The van der Waals surface area contributed by atoms with Crippen LogP contribution in [0.15, 0.2) is 0 Å². The first-order valence-electron chi connectivity index (χ1n) is 6.21. The molecule has 1 aromatic rings. The fourth-order valence-corrected chi connectivity index (χ4v) is 2.37. The van der Waals surface area contributed by atoms with Crippen molar-refractivity contribution in [3.63, 3.8) is 0 Å². The summed E-state index contributed by atoms with van der Waals surface area (Å²) in [6, 6.07) is 0.332. The number of anilines is 1. The van der Waals surface area contributed by atoms with Gasteiger partial charge in [-0.05, 0) is 13.3 Å². The lowest BCUT2D eigenvalue weighted by Gasteiger charge is -2.38. The summed E-state index contributed by atoms with van der Waals surface area (Å²) in [7, 11) is 1.77. The molecule has 1 N–H and O–H groups in total. The maximum atomic E-state index is 11.2. The highest BCUT2D eigenvalue weighted by Crippen LogP contribution is 2.32. The second-order valence-electron chi connectivity index (χ2n) is 4.64. The Kier molecular flexibility index (Phi) is 3.51. The molecule has 18 heavy (non-hydrogen) atoms. The Labute approximate surface area is 106 Å². The Balaban J connectivity index is 2.42. The molecule has 1 aliphatic heterocycles. The topological polar surface area (TPSA) is 76.2 Å². The number of nitro groups is 1. The highest BCUT2D eigenvalue weighted by atomic mass is 16.6. The average molecular weight is 253 g/mol. The zero-order chi connectivity index (χ0) is 13.3. The van der Waals surface area contributed by atoms with E-state index in [0.717, 1.165) is 26.1 Å². The van der Waals surface area contributed by atoms with Crippen LogP contribution in [-0.4, -0.2) is 40.4 Å². The second kappa shape index (κ2) is 4.93. The minimum absolute atomic E-state index is 0.137. The van der Waals surface area contributed by atoms with Gasteiger partial charge in [-0.3, -0.25) is 10.1 Å². The van der Waals surface area contributed by atoms with Crippen LogP contribution in [0.2, 0.25) is 0 Å². The third-order valence-electron chi connectivity index (χ3n) is 3.28. The number of nitrogens with one attached hydrogen (secondary N) is 1. The molecule has 0 aromatic carbocycles. The van der Waals surface area contributed by atoms with Crippen molar-refractivity contribution in [1.82, 2.24) is 15.1 Å². The van der Waals surface area contributed by atoms with Crippen LogP contribution >= 0.6 is 0 Å². The Morgan fingerprint density at radius 1 is 1.61 bits per heavy atom. The van der Waals surface area contributed by atoms with E-state index in [9.17, 15) is 10.1 Å². The Bertz CT molecular complexity index is 453. The summed E-state index contributed by atoms with van der Waals surface area (Å²) in [4.78, 5) is 13.0. The van der Waals surface area contributed by atoms with Gasteiger partial charge in [-0.1, -0.05) is 6.92 Å². The molecule has 0 atom stereocenters. The van der Waals surface area contributed by atoms with Gasteiger partial charge in [-0.15, -0.1) is 0 Å². The minimum Gasteiger partial charge on any atom is -0.346 e. The van der Waals surface area contributed by atoms with Crippen molar-refractivity contribution in [2.24, 2.45) is 7.05 Å². The normalized spacial score (nSPS) is 15.5. The molecule has 0 radical (unpaired) electrons. The molecule has 0 unspecified atom stereocenters. The largest absolute Gasteiger partial charge is 0.346 e. The molecular formula is C11H19N5O2.